The first-order valence-electron chi connectivity index (χ1n) is 9.97. The minimum atomic E-state index is -0.228. The maximum absolute atomic E-state index is 13.6. The molecule has 1 atom stereocenters. The maximum Gasteiger partial charge on any atom is 0.188 e. The molecule has 0 saturated heterocycles. The van der Waals surface area contributed by atoms with Gasteiger partial charge in [0.05, 0.1) is 20.4 Å². The van der Waals surface area contributed by atoms with Crippen LogP contribution in [0.15, 0.2) is 42.5 Å². The van der Waals surface area contributed by atoms with Crippen LogP contribution >= 0.6 is 34.0 Å². The predicted octanol–water partition coefficient (Wildman–Crippen LogP) is 7.64. The Morgan fingerprint density at radius 1 is 1.00 bits per heavy atom. The molecule has 0 radical (unpaired) electrons. The van der Waals surface area contributed by atoms with Gasteiger partial charge in [-0.3, -0.25) is 0 Å². The van der Waals surface area contributed by atoms with E-state index >= 15 is 0 Å². The summed E-state index contributed by atoms with van der Waals surface area (Å²) in [5.74, 6) is 0.478. The summed E-state index contributed by atoms with van der Waals surface area (Å²) in [5, 5.41) is 6.53. The van der Waals surface area contributed by atoms with Crippen molar-refractivity contribution in [1.82, 2.24) is 9.97 Å². The van der Waals surface area contributed by atoms with Gasteiger partial charge in [-0.2, -0.15) is 0 Å². The number of aromatic nitrogens is 2. The van der Waals surface area contributed by atoms with Crippen molar-refractivity contribution < 1.29 is 4.39 Å². The number of halogens is 1. The maximum atomic E-state index is 13.6. The minimum Gasteiger partial charge on any atom is -0.323 e. The number of fused-ring (bicyclic) bond motifs is 3. The van der Waals surface area contributed by atoms with Gasteiger partial charge >= 0.3 is 0 Å². The van der Waals surface area contributed by atoms with Crippen LogP contribution in [0.4, 0.5) is 14.5 Å². The van der Waals surface area contributed by atoms with Gasteiger partial charge in [0.15, 0.2) is 5.13 Å². The molecular weight excluding hydrogens is 433 g/mol. The first-order valence-corrected chi connectivity index (χ1v) is 12.4. The van der Waals surface area contributed by atoms with E-state index in [1.54, 1.807) is 23.5 Å². The first kappa shape index (κ1) is 18.4. The molecule has 0 amide bonds. The van der Waals surface area contributed by atoms with Gasteiger partial charge in [-0.25, -0.2) is 14.4 Å². The summed E-state index contributed by atoms with van der Waals surface area (Å²) < 4.78 is 15.7. The van der Waals surface area contributed by atoms with Crippen LogP contribution in [-0.4, -0.2) is 9.97 Å². The fourth-order valence-electron chi connectivity index (χ4n) is 4.09. The van der Waals surface area contributed by atoms with E-state index in [2.05, 4.69) is 35.4 Å². The van der Waals surface area contributed by atoms with Gasteiger partial charge in [0.25, 0.3) is 0 Å². The van der Waals surface area contributed by atoms with Crippen LogP contribution in [0.5, 0.6) is 0 Å². The lowest BCUT2D eigenvalue weighted by molar-refractivity contribution is 0.508. The molecule has 1 aliphatic rings. The number of benzene rings is 2. The van der Waals surface area contributed by atoms with E-state index in [9.17, 15) is 4.39 Å². The SMILES string of the molecule is CC1CCc2c(sc(Nc3nc4ccc(F)cc4s3)c2-c2nc3ccccc3s2)C1. The number of para-hydroxylation sites is 1. The molecule has 1 aliphatic carbocycles. The number of hydrogen-bond donors (Lipinski definition) is 1. The van der Waals surface area contributed by atoms with Gasteiger partial charge in [-0.15, -0.1) is 22.7 Å². The quantitative estimate of drug-likeness (QED) is 0.306. The highest BCUT2D eigenvalue weighted by Gasteiger charge is 2.27. The summed E-state index contributed by atoms with van der Waals surface area (Å²) in [6, 6.07) is 13.1. The Bertz CT molecular complexity index is 1360. The van der Waals surface area contributed by atoms with E-state index in [4.69, 9.17) is 4.98 Å². The van der Waals surface area contributed by atoms with Crippen LogP contribution in [0.3, 0.4) is 0 Å². The highest BCUT2D eigenvalue weighted by Crippen LogP contribution is 2.48. The van der Waals surface area contributed by atoms with Gasteiger partial charge in [0.2, 0.25) is 0 Å². The molecule has 3 nitrogen and oxygen atoms in total. The molecule has 150 valence electrons. The lowest BCUT2D eigenvalue weighted by Crippen LogP contribution is -2.09. The van der Waals surface area contributed by atoms with Crippen molar-refractivity contribution in [1.29, 1.82) is 0 Å². The molecule has 2 aromatic carbocycles. The van der Waals surface area contributed by atoms with Crippen LogP contribution in [0.25, 0.3) is 31.0 Å². The summed E-state index contributed by atoms with van der Waals surface area (Å²) >= 11 is 5.06. The Hall–Kier alpha value is -2.35. The summed E-state index contributed by atoms with van der Waals surface area (Å²) in [6.45, 7) is 2.33. The van der Waals surface area contributed by atoms with Crippen LogP contribution in [-0.2, 0) is 12.8 Å². The Morgan fingerprint density at radius 3 is 2.77 bits per heavy atom. The van der Waals surface area contributed by atoms with E-state index in [0.29, 0.717) is 5.92 Å². The fourth-order valence-corrected chi connectivity index (χ4v) is 7.57. The fraction of sp³-hybridized carbons (Fsp3) is 0.217. The second-order valence-corrected chi connectivity index (χ2v) is 11.0. The molecule has 3 heterocycles. The average molecular weight is 452 g/mol. The zero-order valence-corrected chi connectivity index (χ0v) is 18.7. The average Bonchev–Trinajstić information content (AvgIpc) is 3.41. The number of thiophene rings is 1. The third kappa shape index (κ3) is 3.12. The molecular formula is C23H18FN3S3. The number of hydrogen-bond acceptors (Lipinski definition) is 6. The lowest BCUT2D eigenvalue weighted by atomic mass is 9.88. The molecule has 1 unspecified atom stereocenters. The third-order valence-electron chi connectivity index (χ3n) is 5.59. The molecule has 0 spiro atoms. The summed E-state index contributed by atoms with van der Waals surface area (Å²) in [4.78, 5) is 11.1. The van der Waals surface area contributed by atoms with Crippen molar-refractivity contribution in [3.05, 3.63) is 58.7 Å². The largest absolute Gasteiger partial charge is 0.323 e. The predicted molar refractivity (Wildman–Crippen MR) is 127 cm³/mol. The van der Waals surface area contributed by atoms with Crippen LogP contribution in [0.1, 0.15) is 23.8 Å². The molecule has 30 heavy (non-hydrogen) atoms. The first-order chi connectivity index (χ1) is 14.6. The van der Waals surface area contributed by atoms with Crippen molar-refractivity contribution in [2.45, 2.75) is 26.2 Å². The standard InChI is InChI=1S/C23H18FN3S3/c1-12-6-8-14-18(10-12)29-22(20(14)21-25-15-4-2-3-5-17(15)28-21)27-23-26-16-9-7-13(24)11-19(16)30-23/h2-5,7,9,11-12H,6,8,10H2,1H3,(H,26,27). The molecule has 0 bridgehead atoms. The summed E-state index contributed by atoms with van der Waals surface area (Å²) in [6.07, 6.45) is 3.41. The second-order valence-electron chi connectivity index (χ2n) is 7.80. The lowest BCUT2D eigenvalue weighted by Gasteiger charge is -2.18. The molecule has 3 aromatic heterocycles. The smallest absolute Gasteiger partial charge is 0.188 e. The van der Waals surface area contributed by atoms with Crippen molar-refractivity contribution in [2.24, 2.45) is 5.92 Å². The van der Waals surface area contributed by atoms with E-state index in [0.717, 1.165) is 43.7 Å². The number of thiazole rings is 2. The van der Waals surface area contributed by atoms with E-state index < -0.39 is 0 Å². The van der Waals surface area contributed by atoms with Gasteiger partial charge in [-0.1, -0.05) is 30.4 Å². The molecule has 7 heteroatoms. The Labute approximate surface area is 185 Å². The molecule has 0 aliphatic heterocycles. The molecule has 6 rings (SSSR count). The summed E-state index contributed by atoms with van der Waals surface area (Å²) in [5.41, 5.74) is 4.53. The Kier molecular flexibility index (Phi) is 4.37. The normalized spacial score (nSPS) is 16.3. The molecule has 0 fully saturated rings. The van der Waals surface area contributed by atoms with E-state index in [1.807, 2.05) is 17.4 Å². The number of anilines is 2. The van der Waals surface area contributed by atoms with Crippen molar-refractivity contribution in [3.8, 4) is 10.6 Å². The van der Waals surface area contributed by atoms with Crippen LogP contribution in [0, 0.1) is 11.7 Å². The highest BCUT2D eigenvalue weighted by atomic mass is 32.1. The third-order valence-corrected chi connectivity index (χ3v) is 8.75. The molecule has 0 saturated carbocycles. The second kappa shape index (κ2) is 7.11. The van der Waals surface area contributed by atoms with Gasteiger partial charge in [0, 0.05) is 10.4 Å². The van der Waals surface area contributed by atoms with Crippen LogP contribution < -0.4 is 5.32 Å². The van der Waals surface area contributed by atoms with E-state index in [-0.39, 0.29) is 5.82 Å². The number of nitrogens with zero attached hydrogens (tertiary/aromatic N) is 2. The zero-order chi connectivity index (χ0) is 20.2. The van der Waals surface area contributed by atoms with Gasteiger partial charge < -0.3 is 5.32 Å². The van der Waals surface area contributed by atoms with E-state index in [1.165, 1.54) is 44.5 Å². The minimum absolute atomic E-state index is 0.228. The Balaban J connectivity index is 1.48. The number of rotatable bonds is 3. The molecule has 5 aromatic rings. The topological polar surface area (TPSA) is 37.8 Å². The van der Waals surface area contributed by atoms with Crippen molar-refractivity contribution >= 4 is 64.6 Å². The monoisotopic (exact) mass is 451 g/mol. The highest BCUT2D eigenvalue weighted by molar-refractivity contribution is 7.24. The van der Waals surface area contributed by atoms with Crippen molar-refractivity contribution in [3.63, 3.8) is 0 Å². The van der Waals surface area contributed by atoms with Gasteiger partial charge in [-0.05, 0) is 61.1 Å². The summed E-state index contributed by atoms with van der Waals surface area (Å²) in [7, 11) is 0. The molecule has 1 N–H and O–H groups in total. The van der Waals surface area contributed by atoms with Crippen molar-refractivity contribution in [2.75, 3.05) is 5.32 Å². The number of nitrogens with one attached hydrogen (secondary N) is 1. The Morgan fingerprint density at radius 2 is 1.87 bits per heavy atom. The van der Waals surface area contributed by atoms with Crippen LogP contribution in [0.2, 0.25) is 0 Å². The van der Waals surface area contributed by atoms with Gasteiger partial charge in [0.1, 0.15) is 15.8 Å². The zero-order valence-electron chi connectivity index (χ0n) is 16.2.